The lowest BCUT2D eigenvalue weighted by molar-refractivity contribution is 0.0933. The van der Waals surface area contributed by atoms with Crippen LogP contribution in [0.2, 0.25) is 0 Å². The molecule has 0 aliphatic carbocycles. The van der Waals surface area contributed by atoms with E-state index in [9.17, 15) is 9.59 Å². The molecule has 1 amide bonds. The Labute approximate surface area is 149 Å². The van der Waals surface area contributed by atoms with Crippen LogP contribution >= 0.6 is 0 Å². The van der Waals surface area contributed by atoms with Crippen molar-refractivity contribution < 1.29 is 4.79 Å². The Balaban J connectivity index is 1.62. The van der Waals surface area contributed by atoms with E-state index in [1.807, 2.05) is 6.92 Å². The molecule has 1 atom stereocenters. The monoisotopic (exact) mass is 352 g/mol. The Kier molecular flexibility index (Phi) is 4.24. The van der Waals surface area contributed by atoms with Crippen molar-refractivity contribution >= 4 is 16.7 Å². The van der Waals surface area contributed by atoms with E-state index in [1.165, 1.54) is 6.42 Å². The van der Waals surface area contributed by atoms with Crippen molar-refractivity contribution in [2.75, 3.05) is 0 Å². The number of carbonyl (C=O) groups is 1. The molecule has 8 nitrogen and oxygen atoms in total. The van der Waals surface area contributed by atoms with Crippen LogP contribution in [0.5, 0.6) is 0 Å². The van der Waals surface area contributed by atoms with Gasteiger partial charge in [0, 0.05) is 18.4 Å². The SMILES string of the molecule is C[C@@H](NC(=O)c1n[nH]c(=O)c2ccccc12)c1nnc2n1CCCCC2. The van der Waals surface area contributed by atoms with Crippen LogP contribution in [0.3, 0.4) is 0 Å². The van der Waals surface area contributed by atoms with E-state index in [2.05, 4.69) is 30.3 Å². The first-order valence-corrected chi connectivity index (χ1v) is 8.85. The van der Waals surface area contributed by atoms with Gasteiger partial charge in [-0.05, 0) is 25.8 Å². The number of aromatic amines is 1. The number of carbonyl (C=O) groups excluding carboxylic acids is 1. The van der Waals surface area contributed by atoms with Crippen LogP contribution in [0.4, 0.5) is 0 Å². The fraction of sp³-hybridized carbons (Fsp3) is 0.389. The number of hydrogen-bond donors (Lipinski definition) is 2. The summed E-state index contributed by atoms with van der Waals surface area (Å²) in [5, 5.41) is 18.8. The molecule has 3 aromatic rings. The molecule has 0 fully saturated rings. The van der Waals surface area contributed by atoms with Crippen LogP contribution in [0.25, 0.3) is 10.8 Å². The number of nitrogens with one attached hydrogen (secondary N) is 2. The van der Waals surface area contributed by atoms with Gasteiger partial charge < -0.3 is 9.88 Å². The minimum Gasteiger partial charge on any atom is -0.341 e. The molecule has 8 heteroatoms. The van der Waals surface area contributed by atoms with E-state index in [-0.39, 0.29) is 23.2 Å². The largest absolute Gasteiger partial charge is 0.341 e. The minimum absolute atomic E-state index is 0.197. The second-order valence-corrected chi connectivity index (χ2v) is 6.58. The first kappa shape index (κ1) is 16.4. The molecule has 2 N–H and O–H groups in total. The predicted molar refractivity (Wildman–Crippen MR) is 95.8 cm³/mol. The van der Waals surface area contributed by atoms with Crippen LogP contribution in [0.15, 0.2) is 29.1 Å². The molecule has 0 saturated heterocycles. The van der Waals surface area contributed by atoms with Crippen molar-refractivity contribution in [3.05, 3.63) is 52.0 Å². The number of hydrogen-bond acceptors (Lipinski definition) is 5. The highest BCUT2D eigenvalue weighted by atomic mass is 16.2. The van der Waals surface area contributed by atoms with Gasteiger partial charge in [-0.15, -0.1) is 10.2 Å². The maximum Gasteiger partial charge on any atom is 0.272 e. The van der Waals surface area contributed by atoms with E-state index < -0.39 is 0 Å². The number of rotatable bonds is 3. The second-order valence-electron chi connectivity index (χ2n) is 6.58. The third kappa shape index (κ3) is 2.87. The molecule has 0 unspecified atom stereocenters. The Morgan fingerprint density at radius 1 is 1.19 bits per heavy atom. The Bertz CT molecular complexity index is 1020. The summed E-state index contributed by atoms with van der Waals surface area (Å²) in [6.07, 6.45) is 4.30. The van der Waals surface area contributed by atoms with Gasteiger partial charge in [0.05, 0.1) is 11.4 Å². The Morgan fingerprint density at radius 2 is 2.00 bits per heavy atom. The van der Waals surface area contributed by atoms with Crippen LogP contribution in [0.1, 0.15) is 54.4 Å². The van der Waals surface area contributed by atoms with Gasteiger partial charge in [-0.2, -0.15) is 5.10 Å². The third-order valence-electron chi connectivity index (χ3n) is 4.78. The molecule has 0 spiro atoms. The van der Waals surface area contributed by atoms with Crippen LogP contribution in [-0.2, 0) is 13.0 Å². The zero-order chi connectivity index (χ0) is 18.1. The number of aromatic nitrogens is 5. The molecule has 0 saturated carbocycles. The highest BCUT2D eigenvalue weighted by molar-refractivity contribution is 6.04. The summed E-state index contributed by atoms with van der Waals surface area (Å²) in [6, 6.07) is 6.62. The minimum atomic E-state index is -0.351. The number of fused-ring (bicyclic) bond motifs is 2. The molecule has 134 valence electrons. The zero-order valence-electron chi connectivity index (χ0n) is 14.5. The standard InChI is InChI=1S/C18H20N6O2/c1-11(16-22-20-14-9-3-2-6-10-24(14)16)19-18(26)15-12-7-4-5-8-13(12)17(25)23-21-15/h4-5,7-8,11H,2-3,6,9-10H2,1H3,(H,19,26)(H,23,25)/t11-/m1/s1. The summed E-state index contributed by atoms with van der Waals surface area (Å²) in [6.45, 7) is 2.76. The molecule has 0 bridgehead atoms. The molecule has 4 rings (SSSR count). The fourth-order valence-corrected chi connectivity index (χ4v) is 3.45. The highest BCUT2D eigenvalue weighted by Gasteiger charge is 2.22. The van der Waals surface area contributed by atoms with Gasteiger partial charge in [-0.1, -0.05) is 24.6 Å². The van der Waals surface area contributed by atoms with E-state index in [1.54, 1.807) is 24.3 Å². The van der Waals surface area contributed by atoms with Crippen molar-refractivity contribution in [3.8, 4) is 0 Å². The summed E-state index contributed by atoms with van der Waals surface area (Å²) < 4.78 is 2.11. The molecule has 0 radical (unpaired) electrons. The number of H-pyrrole nitrogens is 1. The molecule has 3 heterocycles. The van der Waals surface area contributed by atoms with Crippen molar-refractivity contribution in [1.29, 1.82) is 0 Å². The van der Waals surface area contributed by atoms with Gasteiger partial charge in [0.1, 0.15) is 5.82 Å². The van der Waals surface area contributed by atoms with Crippen molar-refractivity contribution in [2.45, 2.75) is 45.2 Å². The Morgan fingerprint density at radius 3 is 2.85 bits per heavy atom. The van der Waals surface area contributed by atoms with Crippen LogP contribution < -0.4 is 10.9 Å². The van der Waals surface area contributed by atoms with Gasteiger partial charge >= 0.3 is 0 Å². The van der Waals surface area contributed by atoms with Crippen molar-refractivity contribution in [2.24, 2.45) is 0 Å². The van der Waals surface area contributed by atoms with Crippen LogP contribution in [-0.4, -0.2) is 30.9 Å². The summed E-state index contributed by atoms with van der Waals surface area (Å²) in [5.74, 6) is 1.38. The lowest BCUT2D eigenvalue weighted by Crippen LogP contribution is -2.30. The molecule has 26 heavy (non-hydrogen) atoms. The smallest absolute Gasteiger partial charge is 0.272 e. The van der Waals surface area contributed by atoms with Gasteiger partial charge in [0.15, 0.2) is 11.5 Å². The van der Waals surface area contributed by atoms with E-state index in [0.29, 0.717) is 10.8 Å². The van der Waals surface area contributed by atoms with E-state index in [0.717, 1.165) is 37.5 Å². The molecular weight excluding hydrogens is 332 g/mol. The van der Waals surface area contributed by atoms with Crippen molar-refractivity contribution in [3.63, 3.8) is 0 Å². The molecule has 1 aliphatic rings. The summed E-state index contributed by atoms with van der Waals surface area (Å²) in [7, 11) is 0. The molecule has 1 aromatic carbocycles. The van der Waals surface area contributed by atoms with Gasteiger partial charge in [0.2, 0.25) is 0 Å². The number of aryl methyl sites for hydroxylation is 1. The van der Waals surface area contributed by atoms with Gasteiger partial charge in [-0.3, -0.25) is 9.59 Å². The lowest BCUT2D eigenvalue weighted by atomic mass is 10.1. The highest BCUT2D eigenvalue weighted by Crippen LogP contribution is 2.19. The maximum atomic E-state index is 12.8. The number of amides is 1. The number of benzene rings is 1. The lowest BCUT2D eigenvalue weighted by Gasteiger charge is -2.15. The molecular formula is C18H20N6O2. The summed E-state index contributed by atoms with van der Waals surface area (Å²) in [4.78, 5) is 24.6. The maximum absolute atomic E-state index is 12.8. The summed E-state index contributed by atoms with van der Waals surface area (Å²) >= 11 is 0. The average Bonchev–Trinajstić information content (AvgIpc) is 2.91. The zero-order valence-corrected chi connectivity index (χ0v) is 14.5. The summed E-state index contributed by atoms with van der Waals surface area (Å²) in [5.41, 5.74) is -0.115. The van der Waals surface area contributed by atoms with Gasteiger partial charge in [-0.25, -0.2) is 5.10 Å². The quantitative estimate of drug-likeness (QED) is 0.747. The second kappa shape index (κ2) is 6.70. The van der Waals surface area contributed by atoms with Crippen molar-refractivity contribution in [1.82, 2.24) is 30.3 Å². The average molecular weight is 352 g/mol. The van der Waals surface area contributed by atoms with Gasteiger partial charge in [0.25, 0.3) is 11.5 Å². The first-order valence-electron chi connectivity index (χ1n) is 8.85. The Hall–Kier alpha value is -3.03. The third-order valence-corrected chi connectivity index (χ3v) is 4.78. The fourth-order valence-electron chi connectivity index (χ4n) is 3.45. The van der Waals surface area contributed by atoms with Crippen LogP contribution in [0, 0.1) is 0 Å². The van der Waals surface area contributed by atoms with E-state index >= 15 is 0 Å². The molecule has 2 aromatic heterocycles. The normalized spacial score (nSPS) is 15.3. The predicted octanol–water partition coefficient (Wildman–Crippen LogP) is 1.73. The number of nitrogens with zero attached hydrogens (tertiary/aromatic N) is 4. The molecule has 1 aliphatic heterocycles. The topological polar surface area (TPSA) is 106 Å². The first-order chi connectivity index (χ1) is 12.6. The van der Waals surface area contributed by atoms with E-state index in [4.69, 9.17) is 0 Å².